The van der Waals surface area contributed by atoms with Gasteiger partial charge in [-0.2, -0.15) is 0 Å². The minimum Gasteiger partial charge on any atom is -0.469 e. The average Bonchev–Trinajstić information content (AvgIpc) is 2.44. The quantitative estimate of drug-likeness (QED) is 0.787. The van der Waals surface area contributed by atoms with Gasteiger partial charge >= 0.3 is 11.9 Å². The zero-order chi connectivity index (χ0) is 14.6. The first-order chi connectivity index (χ1) is 8.97. The van der Waals surface area contributed by atoms with Crippen LogP contribution in [0.2, 0.25) is 0 Å². The van der Waals surface area contributed by atoms with E-state index in [0.717, 1.165) is 0 Å². The molecular formula is C14H17FO4. The van der Waals surface area contributed by atoms with E-state index in [1.54, 1.807) is 0 Å². The van der Waals surface area contributed by atoms with Crippen molar-refractivity contribution in [2.24, 2.45) is 0 Å². The highest BCUT2D eigenvalue weighted by molar-refractivity contribution is 5.95. The molecule has 0 aromatic heterocycles. The Morgan fingerprint density at radius 3 is 2.37 bits per heavy atom. The lowest BCUT2D eigenvalue weighted by Crippen LogP contribution is -2.19. The van der Waals surface area contributed by atoms with Gasteiger partial charge in [-0.05, 0) is 25.0 Å². The molecule has 0 aliphatic rings. The van der Waals surface area contributed by atoms with Gasteiger partial charge in [0.05, 0.1) is 25.7 Å². The van der Waals surface area contributed by atoms with Crippen molar-refractivity contribution in [3.63, 3.8) is 0 Å². The van der Waals surface area contributed by atoms with Crippen LogP contribution in [0.1, 0.15) is 41.3 Å². The van der Waals surface area contributed by atoms with Gasteiger partial charge < -0.3 is 9.47 Å². The normalized spacial score (nSPS) is 11.8. The van der Waals surface area contributed by atoms with Crippen LogP contribution in [-0.2, 0) is 20.7 Å². The van der Waals surface area contributed by atoms with Crippen LogP contribution < -0.4 is 0 Å². The molecule has 0 fully saturated rings. The number of rotatable bonds is 4. The summed E-state index contributed by atoms with van der Waals surface area (Å²) in [7, 11) is 2.44. The number of methoxy groups -OCH3 is 2. The zero-order valence-corrected chi connectivity index (χ0v) is 11.5. The van der Waals surface area contributed by atoms with Crippen molar-refractivity contribution in [1.29, 1.82) is 0 Å². The van der Waals surface area contributed by atoms with Gasteiger partial charge in [0.15, 0.2) is 0 Å². The molecule has 0 saturated heterocycles. The number of ether oxygens (including phenoxy) is 2. The summed E-state index contributed by atoms with van der Waals surface area (Å²) in [6, 6.07) is 2.77. The standard InChI is InChI=1S/C14H17FO4/c1-5-9-6-7-10(15)11(8(2)13(16)18-3)12(9)14(17)19-4/h6-8H,5H2,1-4H3. The van der Waals surface area contributed by atoms with Gasteiger partial charge in [0.2, 0.25) is 0 Å². The van der Waals surface area contributed by atoms with Crippen LogP contribution in [0.5, 0.6) is 0 Å². The van der Waals surface area contributed by atoms with Crippen LogP contribution in [0.25, 0.3) is 0 Å². The van der Waals surface area contributed by atoms with Gasteiger partial charge in [0.1, 0.15) is 5.82 Å². The van der Waals surface area contributed by atoms with Crippen LogP contribution >= 0.6 is 0 Å². The third-order valence-electron chi connectivity index (χ3n) is 3.04. The molecule has 0 saturated carbocycles. The van der Waals surface area contributed by atoms with E-state index in [1.807, 2.05) is 6.92 Å². The first-order valence-electron chi connectivity index (χ1n) is 5.95. The lowest BCUT2D eigenvalue weighted by atomic mass is 9.90. The molecule has 0 aliphatic heterocycles. The maximum absolute atomic E-state index is 14.0. The summed E-state index contributed by atoms with van der Waals surface area (Å²) < 4.78 is 23.3. The summed E-state index contributed by atoms with van der Waals surface area (Å²) in [5, 5.41) is 0. The third kappa shape index (κ3) is 2.92. The molecule has 1 rings (SSSR count). The van der Waals surface area contributed by atoms with Gasteiger partial charge in [0, 0.05) is 5.56 Å². The fraction of sp³-hybridized carbons (Fsp3) is 0.429. The van der Waals surface area contributed by atoms with Gasteiger partial charge in [-0.3, -0.25) is 4.79 Å². The van der Waals surface area contributed by atoms with Gasteiger partial charge in [-0.1, -0.05) is 13.0 Å². The number of esters is 2. The molecule has 5 heteroatoms. The SMILES string of the molecule is CCc1ccc(F)c(C(C)C(=O)OC)c1C(=O)OC. The van der Waals surface area contributed by atoms with E-state index < -0.39 is 23.7 Å². The zero-order valence-electron chi connectivity index (χ0n) is 11.5. The van der Waals surface area contributed by atoms with E-state index in [2.05, 4.69) is 9.47 Å². The van der Waals surface area contributed by atoms with E-state index in [9.17, 15) is 14.0 Å². The number of hydrogen-bond donors (Lipinski definition) is 0. The lowest BCUT2D eigenvalue weighted by molar-refractivity contribution is -0.142. The summed E-state index contributed by atoms with van der Waals surface area (Å²) in [5.74, 6) is -2.74. The maximum Gasteiger partial charge on any atom is 0.338 e. The van der Waals surface area contributed by atoms with Crippen molar-refractivity contribution in [3.8, 4) is 0 Å². The molecule has 1 unspecified atom stereocenters. The highest BCUT2D eigenvalue weighted by atomic mass is 19.1. The van der Waals surface area contributed by atoms with Crippen LogP contribution in [0.3, 0.4) is 0 Å². The summed E-state index contributed by atoms with van der Waals surface area (Å²) in [6.45, 7) is 3.34. The Hall–Kier alpha value is -1.91. The van der Waals surface area contributed by atoms with E-state index in [-0.39, 0.29) is 11.1 Å². The fourth-order valence-corrected chi connectivity index (χ4v) is 1.99. The second kappa shape index (κ2) is 6.31. The molecule has 104 valence electrons. The molecule has 1 aromatic rings. The van der Waals surface area contributed by atoms with Crippen molar-refractivity contribution >= 4 is 11.9 Å². The molecule has 0 aliphatic carbocycles. The maximum atomic E-state index is 14.0. The molecule has 0 N–H and O–H groups in total. The minimum atomic E-state index is -0.870. The summed E-state index contributed by atoms with van der Waals surface area (Å²) in [6.07, 6.45) is 0.533. The van der Waals surface area contributed by atoms with Crippen molar-refractivity contribution < 1.29 is 23.5 Å². The van der Waals surface area contributed by atoms with Gasteiger partial charge in [0.25, 0.3) is 0 Å². The summed E-state index contributed by atoms with van der Waals surface area (Å²) in [5.41, 5.74) is 0.778. The van der Waals surface area contributed by atoms with E-state index in [1.165, 1.54) is 33.3 Å². The number of hydrogen-bond acceptors (Lipinski definition) is 4. The second-order valence-electron chi connectivity index (χ2n) is 4.09. The van der Waals surface area contributed by atoms with Crippen molar-refractivity contribution in [2.75, 3.05) is 14.2 Å². The summed E-state index contributed by atoms with van der Waals surface area (Å²) >= 11 is 0. The molecule has 0 radical (unpaired) electrons. The first-order valence-corrected chi connectivity index (χ1v) is 5.95. The third-order valence-corrected chi connectivity index (χ3v) is 3.04. The predicted octanol–water partition coefficient (Wildman–Crippen LogP) is 2.45. The molecule has 0 heterocycles. The number of aryl methyl sites for hydroxylation is 1. The monoisotopic (exact) mass is 268 g/mol. The highest BCUT2D eigenvalue weighted by Crippen LogP contribution is 2.28. The van der Waals surface area contributed by atoms with Crippen LogP contribution in [0, 0.1) is 5.82 Å². The Balaban J connectivity index is 3.51. The van der Waals surface area contributed by atoms with Gasteiger partial charge in [-0.25, -0.2) is 9.18 Å². The highest BCUT2D eigenvalue weighted by Gasteiger charge is 2.28. The Bertz CT molecular complexity index is 496. The van der Waals surface area contributed by atoms with Crippen molar-refractivity contribution in [1.82, 2.24) is 0 Å². The predicted molar refractivity (Wildman–Crippen MR) is 67.5 cm³/mol. The number of benzene rings is 1. The molecule has 1 aromatic carbocycles. The molecule has 0 spiro atoms. The topological polar surface area (TPSA) is 52.6 Å². The Labute approximate surface area is 111 Å². The van der Waals surface area contributed by atoms with Crippen LogP contribution in [0.15, 0.2) is 12.1 Å². The Kier molecular flexibility index (Phi) is 5.03. The van der Waals surface area contributed by atoms with Crippen molar-refractivity contribution in [2.45, 2.75) is 26.2 Å². The molecule has 0 bridgehead atoms. The van der Waals surface area contributed by atoms with Crippen molar-refractivity contribution in [3.05, 3.63) is 34.6 Å². The van der Waals surface area contributed by atoms with E-state index in [0.29, 0.717) is 12.0 Å². The number of carbonyl (C=O) groups excluding carboxylic acids is 2. The largest absolute Gasteiger partial charge is 0.469 e. The van der Waals surface area contributed by atoms with Gasteiger partial charge in [-0.15, -0.1) is 0 Å². The van der Waals surface area contributed by atoms with E-state index >= 15 is 0 Å². The molecule has 4 nitrogen and oxygen atoms in total. The first kappa shape index (κ1) is 15.1. The van der Waals surface area contributed by atoms with Crippen LogP contribution in [-0.4, -0.2) is 26.2 Å². The van der Waals surface area contributed by atoms with Crippen LogP contribution in [0.4, 0.5) is 4.39 Å². The molecule has 0 amide bonds. The van der Waals surface area contributed by atoms with E-state index in [4.69, 9.17) is 0 Å². The number of halogens is 1. The number of carbonyl (C=O) groups is 2. The molecule has 1 atom stereocenters. The smallest absolute Gasteiger partial charge is 0.338 e. The lowest BCUT2D eigenvalue weighted by Gasteiger charge is -2.17. The molecule has 19 heavy (non-hydrogen) atoms. The second-order valence-corrected chi connectivity index (χ2v) is 4.09. The average molecular weight is 268 g/mol. The Morgan fingerprint density at radius 2 is 1.89 bits per heavy atom. The molecular weight excluding hydrogens is 251 g/mol. The fourth-order valence-electron chi connectivity index (χ4n) is 1.99. The summed E-state index contributed by atoms with van der Waals surface area (Å²) in [4.78, 5) is 23.4. The minimum absolute atomic E-state index is 0.0260. The Morgan fingerprint density at radius 1 is 1.26 bits per heavy atom.